The van der Waals surface area contributed by atoms with Gasteiger partial charge in [-0.05, 0) is 65.9 Å². The van der Waals surface area contributed by atoms with Crippen molar-refractivity contribution < 1.29 is 38.8 Å². The molecule has 14 heteroatoms. The van der Waals surface area contributed by atoms with E-state index in [-0.39, 0.29) is 53.6 Å². The highest BCUT2D eigenvalue weighted by molar-refractivity contribution is 8.00. The molecule has 6 rings (SSSR count). The first kappa shape index (κ1) is 32.8. The quantitative estimate of drug-likeness (QED) is 0.0752. The number of β-lactam (4-membered cyclic amide) rings is 1. The predicted octanol–water partition coefficient (Wildman–Crippen LogP) is 0.874. The molecule has 2 saturated heterocycles. The molecule has 12 nitrogen and oxygen atoms in total. The molecular formula is C34H31N5O7S2. The number of amides is 4. The highest BCUT2D eigenvalue weighted by atomic mass is 32.2. The maximum atomic E-state index is 13.3. The van der Waals surface area contributed by atoms with E-state index in [0.717, 1.165) is 15.4 Å². The molecule has 3 aromatic rings. The number of pyridine rings is 1. The average molecular weight is 686 g/mol. The van der Waals surface area contributed by atoms with Crippen LogP contribution in [0.1, 0.15) is 12.0 Å². The van der Waals surface area contributed by atoms with Crippen LogP contribution in [0.3, 0.4) is 0 Å². The predicted molar refractivity (Wildman–Crippen MR) is 176 cm³/mol. The second-order valence-electron chi connectivity index (χ2n) is 11.3. The molecule has 2 fully saturated rings. The summed E-state index contributed by atoms with van der Waals surface area (Å²) in [6.07, 6.45) is 4.02. The van der Waals surface area contributed by atoms with Crippen LogP contribution in [-0.2, 0) is 36.9 Å². The van der Waals surface area contributed by atoms with Crippen LogP contribution in [0.5, 0.6) is 5.75 Å². The van der Waals surface area contributed by atoms with Gasteiger partial charge < -0.3 is 31.0 Å². The Balaban J connectivity index is 1.18. The third-order valence-electron chi connectivity index (χ3n) is 8.07. The van der Waals surface area contributed by atoms with Crippen LogP contribution in [0.2, 0.25) is 0 Å². The zero-order chi connectivity index (χ0) is 33.8. The van der Waals surface area contributed by atoms with E-state index in [0.29, 0.717) is 35.4 Å². The van der Waals surface area contributed by atoms with Crippen LogP contribution in [-0.4, -0.2) is 69.1 Å². The SMILES string of the molecule is O=C(C[n+]1ccc(CC(=C2CCNC2=O)C2=C(C(=O)[O-])N3C(=O)[C@@H](NC(=O)CSc4ccccc4)[C@H]3SC2)cc1)Nc1ccc(O)cc1. The molecule has 4 heterocycles. The first-order chi connectivity index (χ1) is 23.2. The molecule has 2 atom stereocenters. The van der Waals surface area contributed by atoms with Crippen molar-refractivity contribution in [1.29, 1.82) is 0 Å². The molecule has 1 aromatic heterocycles. The number of carboxylic acids is 1. The number of phenolic OH excluding ortho intramolecular Hbond substituents is 1. The molecular weight excluding hydrogens is 655 g/mol. The Labute approximate surface area is 284 Å². The standard InChI is InChI=1S/C34H31N5O7S2/c40-22-8-6-21(7-9-22)36-27(41)17-38-14-11-20(12-15-38)16-25(24-10-13-35-31(24)43)26-18-48-33-29(32(44)39(33)30(26)34(45)46)37-28(42)19-47-23-4-2-1-3-5-23/h1-9,11-12,14-15,29,33H,10,13,16-19H2,(H4-,35,36,37,40,41,42,43,45,46)/t29-,33-/m1/s1. The van der Waals surface area contributed by atoms with Gasteiger partial charge in [-0.15, -0.1) is 23.5 Å². The molecule has 0 spiro atoms. The van der Waals surface area contributed by atoms with Crippen molar-refractivity contribution in [3.05, 3.63) is 107 Å². The van der Waals surface area contributed by atoms with Gasteiger partial charge in [0.25, 0.3) is 11.8 Å². The number of carboxylic acid groups (broad SMARTS) is 1. The van der Waals surface area contributed by atoms with Crippen LogP contribution in [0.15, 0.2) is 106 Å². The minimum Gasteiger partial charge on any atom is -0.543 e. The normalized spacial score (nSPS) is 19.6. The zero-order valence-corrected chi connectivity index (χ0v) is 27.1. The summed E-state index contributed by atoms with van der Waals surface area (Å²) in [7, 11) is 0. The summed E-state index contributed by atoms with van der Waals surface area (Å²) < 4.78 is 1.67. The third kappa shape index (κ3) is 7.24. The molecule has 4 N–H and O–H groups in total. The number of rotatable bonds is 11. The summed E-state index contributed by atoms with van der Waals surface area (Å²) in [5, 5.41) is 29.7. The van der Waals surface area contributed by atoms with Crippen LogP contribution in [0, 0.1) is 0 Å². The topological polar surface area (TPSA) is 172 Å². The van der Waals surface area contributed by atoms with Gasteiger partial charge in [0.2, 0.25) is 18.4 Å². The van der Waals surface area contributed by atoms with Crippen molar-refractivity contribution in [3.63, 3.8) is 0 Å². The molecule has 0 aliphatic carbocycles. The van der Waals surface area contributed by atoms with E-state index in [1.54, 1.807) is 41.2 Å². The Morgan fingerprint density at radius 1 is 1.02 bits per heavy atom. The van der Waals surface area contributed by atoms with E-state index in [9.17, 15) is 34.2 Å². The maximum absolute atomic E-state index is 13.3. The van der Waals surface area contributed by atoms with Gasteiger partial charge in [-0.2, -0.15) is 4.57 Å². The molecule has 4 amide bonds. The first-order valence-electron chi connectivity index (χ1n) is 15.1. The number of nitrogens with one attached hydrogen (secondary N) is 3. The Morgan fingerprint density at radius 2 is 1.75 bits per heavy atom. The zero-order valence-electron chi connectivity index (χ0n) is 25.5. The number of fused-ring (bicyclic) bond motifs is 1. The van der Waals surface area contributed by atoms with Gasteiger partial charge in [-0.1, -0.05) is 18.2 Å². The maximum Gasteiger partial charge on any atom is 0.290 e. The number of hydrogen-bond acceptors (Lipinski definition) is 9. The minimum absolute atomic E-state index is 0.0231. The Morgan fingerprint density at radius 3 is 2.42 bits per heavy atom. The fraction of sp³-hybridized carbons (Fsp3) is 0.235. The van der Waals surface area contributed by atoms with Crippen LogP contribution in [0.25, 0.3) is 0 Å². The number of carbonyl (C=O) groups is 5. The summed E-state index contributed by atoms with van der Waals surface area (Å²) in [6, 6.07) is 18.2. The van der Waals surface area contributed by atoms with Gasteiger partial charge in [-0.25, -0.2) is 0 Å². The van der Waals surface area contributed by atoms with Gasteiger partial charge >= 0.3 is 0 Å². The molecule has 3 aliphatic heterocycles. The lowest BCUT2D eigenvalue weighted by atomic mass is 9.90. The molecule has 0 radical (unpaired) electrons. The van der Waals surface area contributed by atoms with E-state index in [4.69, 9.17) is 0 Å². The highest BCUT2D eigenvalue weighted by Gasteiger charge is 2.53. The number of hydrogen-bond donors (Lipinski definition) is 4. The summed E-state index contributed by atoms with van der Waals surface area (Å²) in [5.41, 5.74) is 2.32. The number of aromatic hydroxyl groups is 1. The molecule has 246 valence electrons. The molecule has 48 heavy (non-hydrogen) atoms. The molecule has 0 bridgehead atoms. The Bertz CT molecular complexity index is 1830. The van der Waals surface area contributed by atoms with Gasteiger partial charge in [0, 0.05) is 40.6 Å². The molecule has 2 aromatic carbocycles. The number of carbonyl (C=O) groups excluding carboxylic acids is 5. The van der Waals surface area contributed by atoms with E-state index in [1.807, 2.05) is 30.3 Å². The van der Waals surface area contributed by atoms with Crippen molar-refractivity contribution in [2.45, 2.75) is 35.7 Å². The number of aromatic nitrogens is 1. The van der Waals surface area contributed by atoms with Gasteiger partial charge in [-0.3, -0.25) is 24.1 Å². The summed E-state index contributed by atoms with van der Waals surface area (Å²) in [4.78, 5) is 66.1. The fourth-order valence-electron chi connectivity index (χ4n) is 5.75. The smallest absolute Gasteiger partial charge is 0.290 e. The minimum atomic E-state index is -1.53. The largest absolute Gasteiger partial charge is 0.543 e. The third-order valence-corrected chi connectivity index (χ3v) is 10.4. The first-order valence-corrected chi connectivity index (χ1v) is 17.1. The lowest BCUT2D eigenvalue weighted by Gasteiger charge is -2.51. The fourth-order valence-corrected chi connectivity index (χ4v) is 7.87. The van der Waals surface area contributed by atoms with Crippen molar-refractivity contribution in [2.24, 2.45) is 0 Å². The molecule has 3 aliphatic rings. The summed E-state index contributed by atoms with van der Waals surface area (Å²) in [6.45, 7) is 0.430. The molecule has 0 saturated carbocycles. The Kier molecular flexibility index (Phi) is 9.82. The van der Waals surface area contributed by atoms with Crippen LogP contribution < -0.4 is 25.6 Å². The number of benzene rings is 2. The van der Waals surface area contributed by atoms with E-state index in [2.05, 4.69) is 16.0 Å². The van der Waals surface area contributed by atoms with Crippen molar-refractivity contribution in [1.82, 2.24) is 15.5 Å². The van der Waals surface area contributed by atoms with Crippen molar-refractivity contribution >= 4 is 58.8 Å². The van der Waals surface area contributed by atoms with Gasteiger partial charge in [0.1, 0.15) is 17.2 Å². The average Bonchev–Trinajstić information content (AvgIpc) is 3.51. The number of nitrogens with zero attached hydrogens (tertiary/aromatic N) is 2. The number of aliphatic carboxylic acids is 1. The highest BCUT2D eigenvalue weighted by Crippen LogP contribution is 2.43. The number of thioether (sulfide) groups is 2. The number of phenols is 1. The lowest BCUT2D eigenvalue weighted by Crippen LogP contribution is -2.71. The van der Waals surface area contributed by atoms with Crippen LogP contribution >= 0.6 is 23.5 Å². The van der Waals surface area contributed by atoms with Gasteiger partial charge in [0.05, 0.1) is 17.4 Å². The lowest BCUT2D eigenvalue weighted by molar-refractivity contribution is -0.684. The van der Waals surface area contributed by atoms with E-state index >= 15 is 0 Å². The second-order valence-corrected chi connectivity index (χ2v) is 13.4. The summed E-state index contributed by atoms with van der Waals surface area (Å²) >= 11 is 2.66. The Hall–Kier alpha value is -5.08. The van der Waals surface area contributed by atoms with Crippen LogP contribution in [0.4, 0.5) is 5.69 Å². The monoisotopic (exact) mass is 685 g/mol. The second kappa shape index (κ2) is 14.4. The summed E-state index contributed by atoms with van der Waals surface area (Å²) in [5.74, 6) is -2.60. The van der Waals surface area contributed by atoms with E-state index < -0.39 is 23.3 Å². The van der Waals surface area contributed by atoms with Crippen molar-refractivity contribution in [3.8, 4) is 5.75 Å². The molecule has 0 unspecified atom stereocenters. The number of allylic oxidation sites excluding steroid dienone is 1. The number of anilines is 1. The van der Waals surface area contributed by atoms with Gasteiger partial charge in [0.15, 0.2) is 12.4 Å². The van der Waals surface area contributed by atoms with E-state index in [1.165, 1.54) is 35.7 Å². The van der Waals surface area contributed by atoms with Crippen molar-refractivity contribution in [2.75, 3.05) is 23.4 Å².